The fourth-order valence-corrected chi connectivity index (χ4v) is 3.99. The highest BCUT2D eigenvalue weighted by atomic mass is 16.5. The van der Waals surface area contributed by atoms with E-state index in [1.807, 2.05) is 54.6 Å². The van der Waals surface area contributed by atoms with Crippen molar-refractivity contribution >= 4 is 11.7 Å². The number of aromatic nitrogens is 2. The minimum atomic E-state index is -0.264. The lowest BCUT2D eigenvalue weighted by Crippen LogP contribution is -2.29. The van der Waals surface area contributed by atoms with E-state index in [0.717, 1.165) is 18.1 Å². The van der Waals surface area contributed by atoms with E-state index < -0.39 is 0 Å². The van der Waals surface area contributed by atoms with E-state index in [0.29, 0.717) is 48.3 Å². The summed E-state index contributed by atoms with van der Waals surface area (Å²) in [5.41, 5.74) is 2.65. The normalized spacial score (nSPS) is 10.5. The highest BCUT2D eigenvalue weighted by Crippen LogP contribution is 2.33. The van der Waals surface area contributed by atoms with Gasteiger partial charge < -0.3 is 24.4 Å². The first-order valence-electron chi connectivity index (χ1n) is 12.5. The highest BCUT2D eigenvalue weighted by molar-refractivity contribution is 6.00. The fraction of sp³-hybridized carbons (Fsp3) is 0.233. The van der Waals surface area contributed by atoms with Crippen LogP contribution in [0.2, 0.25) is 0 Å². The maximum atomic E-state index is 13.3. The highest BCUT2D eigenvalue weighted by Gasteiger charge is 2.21. The molecule has 0 atom stereocenters. The lowest BCUT2D eigenvalue weighted by atomic mass is 10.1. The van der Waals surface area contributed by atoms with Gasteiger partial charge in [0.2, 0.25) is 11.8 Å². The molecule has 2 heterocycles. The molecule has 1 N–H and O–H groups in total. The van der Waals surface area contributed by atoms with E-state index in [-0.39, 0.29) is 5.91 Å². The van der Waals surface area contributed by atoms with Gasteiger partial charge in [-0.15, -0.1) is 0 Å². The molecule has 8 nitrogen and oxygen atoms in total. The van der Waals surface area contributed by atoms with E-state index in [1.165, 1.54) is 12.7 Å². The molecule has 0 aliphatic heterocycles. The number of nitrogens with one attached hydrogen (secondary N) is 1. The lowest BCUT2D eigenvalue weighted by Gasteiger charge is -2.23. The molecule has 2 aromatic carbocycles. The summed E-state index contributed by atoms with van der Waals surface area (Å²) in [6.45, 7) is 4.17. The number of pyridine rings is 2. The van der Waals surface area contributed by atoms with Gasteiger partial charge in [-0.3, -0.25) is 4.79 Å². The van der Waals surface area contributed by atoms with Crippen LogP contribution in [-0.2, 0) is 6.54 Å². The van der Waals surface area contributed by atoms with Crippen LogP contribution in [0, 0.1) is 0 Å². The first-order chi connectivity index (χ1) is 18.6. The van der Waals surface area contributed by atoms with Gasteiger partial charge in [0.25, 0.3) is 5.91 Å². The monoisotopic (exact) mass is 512 g/mol. The Hall–Kier alpha value is -4.59. The molecule has 38 heavy (non-hydrogen) atoms. The van der Waals surface area contributed by atoms with Crippen LogP contribution < -0.4 is 24.4 Å². The van der Waals surface area contributed by atoms with Gasteiger partial charge in [-0.25, -0.2) is 4.98 Å². The first-order valence-corrected chi connectivity index (χ1v) is 12.5. The second kappa shape index (κ2) is 13.1. The number of methoxy groups -OCH3 is 2. The molecule has 0 spiro atoms. The number of benzene rings is 2. The zero-order chi connectivity index (χ0) is 26.7. The molecule has 0 unspecified atom stereocenters. The van der Waals surface area contributed by atoms with Gasteiger partial charge in [-0.05, 0) is 42.8 Å². The second-order valence-corrected chi connectivity index (χ2v) is 8.39. The Balaban J connectivity index is 1.63. The van der Waals surface area contributed by atoms with Gasteiger partial charge in [0.15, 0.2) is 0 Å². The zero-order valence-electron chi connectivity index (χ0n) is 21.9. The van der Waals surface area contributed by atoms with Crippen molar-refractivity contribution in [3.63, 3.8) is 0 Å². The molecule has 0 saturated heterocycles. The summed E-state index contributed by atoms with van der Waals surface area (Å²) in [5, 5.41) is 2.94. The van der Waals surface area contributed by atoms with Gasteiger partial charge in [-0.1, -0.05) is 48.5 Å². The third-order valence-corrected chi connectivity index (χ3v) is 5.94. The summed E-state index contributed by atoms with van der Waals surface area (Å²) >= 11 is 0. The van der Waals surface area contributed by atoms with Crippen LogP contribution >= 0.6 is 0 Å². The number of rotatable bonds is 12. The largest absolute Gasteiger partial charge is 0.492 e. The van der Waals surface area contributed by atoms with Crippen molar-refractivity contribution in [1.29, 1.82) is 0 Å². The smallest absolute Gasteiger partial charge is 0.253 e. The average Bonchev–Trinajstić information content (AvgIpc) is 2.98. The maximum Gasteiger partial charge on any atom is 0.253 e. The van der Waals surface area contributed by atoms with Crippen molar-refractivity contribution in [3.8, 4) is 28.8 Å². The van der Waals surface area contributed by atoms with Crippen molar-refractivity contribution in [1.82, 2.24) is 15.3 Å². The molecule has 1 amide bonds. The summed E-state index contributed by atoms with van der Waals surface area (Å²) in [6, 6.07) is 26.9. The minimum absolute atomic E-state index is 0.264. The van der Waals surface area contributed by atoms with E-state index in [2.05, 4.69) is 34.3 Å². The molecule has 196 valence electrons. The number of carbonyl (C=O) groups excluding carboxylic acids is 1. The van der Waals surface area contributed by atoms with E-state index in [1.54, 1.807) is 25.3 Å². The number of anilines is 1. The van der Waals surface area contributed by atoms with Crippen LogP contribution in [0.25, 0.3) is 11.3 Å². The van der Waals surface area contributed by atoms with Crippen molar-refractivity contribution in [2.24, 2.45) is 0 Å². The number of hydrogen-bond acceptors (Lipinski definition) is 7. The molecule has 8 heteroatoms. The zero-order valence-corrected chi connectivity index (χ0v) is 21.9. The molecular formula is C30H32N4O4. The van der Waals surface area contributed by atoms with Crippen molar-refractivity contribution < 1.29 is 19.0 Å². The molecule has 0 fully saturated rings. The van der Waals surface area contributed by atoms with Gasteiger partial charge >= 0.3 is 0 Å². The SMILES string of the molecule is CCN(Cc1ccccc1)c1ccc(C(=O)NCCOc2ccccc2)c(-c2ccc(OC)nc2OC)n1. The van der Waals surface area contributed by atoms with E-state index in [4.69, 9.17) is 19.2 Å². The average molecular weight is 513 g/mol. The maximum absolute atomic E-state index is 13.3. The molecule has 0 aliphatic rings. The molecule has 0 bridgehead atoms. The summed E-state index contributed by atoms with van der Waals surface area (Å²) < 4.78 is 16.5. The number of ether oxygens (including phenoxy) is 3. The Morgan fingerprint density at radius 2 is 1.61 bits per heavy atom. The number of nitrogens with zero attached hydrogens (tertiary/aromatic N) is 3. The Kier molecular flexibility index (Phi) is 9.12. The number of carbonyl (C=O) groups is 1. The summed E-state index contributed by atoms with van der Waals surface area (Å²) in [5.74, 6) is 1.96. The molecule has 4 rings (SSSR count). The van der Waals surface area contributed by atoms with Crippen molar-refractivity contribution in [2.75, 3.05) is 38.8 Å². The van der Waals surface area contributed by atoms with Gasteiger partial charge in [0.05, 0.1) is 37.6 Å². The standard InChI is InChI=1S/C30H32N4O4/c1-4-34(21-22-11-7-5-8-12-22)26-17-15-24(29(35)31-19-20-38-23-13-9-6-10-14-23)28(32-26)25-16-18-27(36-2)33-30(25)37-3/h5-18H,4,19-21H2,1-3H3,(H,31,35). The fourth-order valence-electron chi connectivity index (χ4n) is 3.99. The Morgan fingerprint density at radius 1 is 0.868 bits per heavy atom. The summed E-state index contributed by atoms with van der Waals surface area (Å²) in [6.07, 6.45) is 0. The second-order valence-electron chi connectivity index (χ2n) is 8.39. The Bertz CT molecular complexity index is 1330. The molecule has 0 aliphatic carbocycles. The van der Waals surface area contributed by atoms with Gasteiger partial charge in [0.1, 0.15) is 18.2 Å². The Labute approximate surface area is 223 Å². The predicted octanol–water partition coefficient (Wildman–Crippen LogP) is 5.00. The number of amides is 1. The minimum Gasteiger partial charge on any atom is -0.492 e. The van der Waals surface area contributed by atoms with E-state index in [9.17, 15) is 4.79 Å². The van der Waals surface area contributed by atoms with Crippen LogP contribution in [0.1, 0.15) is 22.8 Å². The van der Waals surface area contributed by atoms with Crippen LogP contribution in [0.5, 0.6) is 17.5 Å². The van der Waals surface area contributed by atoms with Crippen LogP contribution in [0.15, 0.2) is 84.9 Å². The molecule has 0 saturated carbocycles. The lowest BCUT2D eigenvalue weighted by molar-refractivity contribution is 0.0947. The molecule has 4 aromatic rings. The molecular weight excluding hydrogens is 480 g/mol. The van der Waals surface area contributed by atoms with E-state index >= 15 is 0 Å². The van der Waals surface area contributed by atoms with Crippen molar-refractivity contribution in [2.45, 2.75) is 13.5 Å². The topological polar surface area (TPSA) is 85.8 Å². The number of para-hydroxylation sites is 1. The predicted molar refractivity (Wildman–Crippen MR) is 148 cm³/mol. The van der Waals surface area contributed by atoms with Gasteiger partial charge in [0, 0.05) is 19.2 Å². The van der Waals surface area contributed by atoms with Gasteiger partial charge in [-0.2, -0.15) is 4.98 Å². The third-order valence-electron chi connectivity index (χ3n) is 5.94. The molecule has 0 radical (unpaired) electrons. The summed E-state index contributed by atoms with van der Waals surface area (Å²) in [7, 11) is 3.07. The van der Waals surface area contributed by atoms with Crippen molar-refractivity contribution in [3.05, 3.63) is 96.1 Å². The third kappa shape index (κ3) is 6.59. The molecule has 2 aromatic heterocycles. The van der Waals surface area contributed by atoms with Crippen LogP contribution in [0.3, 0.4) is 0 Å². The number of hydrogen-bond donors (Lipinski definition) is 1. The Morgan fingerprint density at radius 3 is 2.29 bits per heavy atom. The summed E-state index contributed by atoms with van der Waals surface area (Å²) in [4.78, 5) is 24.8. The quantitative estimate of drug-likeness (QED) is 0.268. The van der Waals surface area contributed by atoms with Crippen LogP contribution in [0.4, 0.5) is 5.82 Å². The van der Waals surface area contributed by atoms with Crippen LogP contribution in [-0.4, -0.2) is 49.8 Å². The first kappa shape index (κ1) is 26.5.